The molecule has 0 bridgehead atoms. The summed E-state index contributed by atoms with van der Waals surface area (Å²) in [6.45, 7) is 0.526. The fourth-order valence-electron chi connectivity index (χ4n) is 2.61. The van der Waals surface area contributed by atoms with Crippen LogP contribution in [0, 0.1) is 0 Å². The Morgan fingerprint density at radius 3 is 2.17 bits per heavy atom. The van der Waals surface area contributed by atoms with E-state index in [1.165, 1.54) is 0 Å². The van der Waals surface area contributed by atoms with Crippen LogP contribution in [0.25, 0.3) is 0 Å². The molecule has 0 aliphatic rings. The summed E-state index contributed by atoms with van der Waals surface area (Å²) in [5.74, 6) is 0.847. The van der Waals surface area contributed by atoms with Gasteiger partial charge >= 0.3 is 0 Å². The quantitative estimate of drug-likeness (QED) is 0.637. The molecule has 0 aliphatic carbocycles. The van der Waals surface area contributed by atoms with Gasteiger partial charge in [0.25, 0.3) is 0 Å². The van der Waals surface area contributed by atoms with Crippen molar-refractivity contribution in [3.8, 4) is 5.75 Å². The first-order valence-corrected chi connectivity index (χ1v) is 8.20. The van der Waals surface area contributed by atoms with E-state index in [1.54, 1.807) is 0 Å². The van der Waals surface area contributed by atoms with Crippen molar-refractivity contribution >= 4 is 17.3 Å². The molecule has 0 aromatic heterocycles. The van der Waals surface area contributed by atoms with Gasteiger partial charge in [0.2, 0.25) is 0 Å². The molecule has 0 spiro atoms. The first kappa shape index (κ1) is 16.2. The molecule has 0 fully saturated rings. The molecule has 0 saturated heterocycles. The number of thiocarbonyl (C=S) groups is 1. The molecule has 0 saturated carbocycles. The van der Waals surface area contributed by atoms with Gasteiger partial charge in [-0.2, -0.15) is 0 Å². The fourth-order valence-corrected chi connectivity index (χ4v) is 2.81. The van der Waals surface area contributed by atoms with E-state index in [2.05, 4.69) is 0 Å². The van der Waals surface area contributed by atoms with Gasteiger partial charge in [-0.3, -0.25) is 0 Å². The largest absolute Gasteiger partial charge is 0.499 e. The molecule has 2 nitrogen and oxygen atoms in total. The van der Waals surface area contributed by atoms with E-state index < -0.39 is 0 Å². The van der Waals surface area contributed by atoms with E-state index in [1.807, 2.05) is 78.9 Å². The molecule has 0 unspecified atom stereocenters. The Morgan fingerprint density at radius 1 is 0.792 bits per heavy atom. The number of ether oxygens (including phenoxy) is 1. The Balaban J connectivity index is 1.81. The highest BCUT2D eigenvalue weighted by molar-refractivity contribution is 7.80. The zero-order valence-electron chi connectivity index (χ0n) is 13.2. The summed E-state index contributed by atoms with van der Waals surface area (Å²) in [6.07, 6.45) is 0.655. The van der Waals surface area contributed by atoms with Gasteiger partial charge in [0, 0.05) is 12.0 Å². The summed E-state index contributed by atoms with van der Waals surface area (Å²) in [5, 5.41) is 9.63. The predicted octanol–water partition coefficient (Wildman–Crippen LogP) is 5.09. The van der Waals surface area contributed by atoms with E-state index in [9.17, 15) is 5.11 Å². The van der Waals surface area contributed by atoms with Crippen LogP contribution in [0.15, 0.2) is 78.9 Å². The normalized spacial score (nSPS) is 10.3. The van der Waals surface area contributed by atoms with Crippen LogP contribution in [-0.2, 0) is 13.0 Å². The van der Waals surface area contributed by atoms with Gasteiger partial charge in [0.05, 0.1) is 0 Å². The van der Waals surface area contributed by atoms with Crippen molar-refractivity contribution in [1.82, 2.24) is 0 Å². The second-order valence-electron chi connectivity index (χ2n) is 5.52. The lowest BCUT2D eigenvalue weighted by Gasteiger charge is -2.13. The van der Waals surface area contributed by atoms with Crippen LogP contribution in [0.5, 0.6) is 5.75 Å². The number of rotatable bonds is 6. The average molecular weight is 334 g/mol. The topological polar surface area (TPSA) is 29.5 Å². The summed E-state index contributed by atoms with van der Waals surface area (Å²) >= 11 is 4.94. The van der Waals surface area contributed by atoms with Gasteiger partial charge in [-0.15, -0.1) is 0 Å². The van der Waals surface area contributed by atoms with Crippen molar-refractivity contribution in [3.05, 3.63) is 101 Å². The molecule has 3 aromatic carbocycles. The molecule has 0 amide bonds. The number of hydrogen-bond acceptors (Lipinski definition) is 2. The highest BCUT2D eigenvalue weighted by atomic mass is 32.1. The first-order valence-electron chi connectivity index (χ1n) is 7.80. The molecule has 3 aromatic rings. The lowest BCUT2D eigenvalue weighted by atomic mass is 9.99. The van der Waals surface area contributed by atoms with Crippen LogP contribution >= 0.6 is 12.2 Å². The van der Waals surface area contributed by atoms with E-state index in [0.29, 0.717) is 18.6 Å². The smallest absolute Gasteiger partial charge is 0.188 e. The number of benzene rings is 3. The molecule has 120 valence electrons. The van der Waals surface area contributed by atoms with Crippen LogP contribution in [0.3, 0.4) is 0 Å². The molecule has 0 aliphatic heterocycles. The van der Waals surface area contributed by atoms with Crippen LogP contribution in [0.4, 0.5) is 0 Å². The third kappa shape index (κ3) is 4.00. The molecular formula is C21H18O2S. The van der Waals surface area contributed by atoms with E-state index in [4.69, 9.17) is 17.0 Å². The monoisotopic (exact) mass is 334 g/mol. The summed E-state index contributed by atoms with van der Waals surface area (Å²) in [4.78, 5) is 0. The molecule has 0 atom stereocenters. The summed E-state index contributed by atoms with van der Waals surface area (Å²) in [5.41, 5.74) is 3.88. The van der Waals surface area contributed by atoms with Crippen molar-refractivity contribution < 1.29 is 9.84 Å². The highest BCUT2D eigenvalue weighted by Crippen LogP contribution is 2.24. The molecular weight excluding hydrogens is 316 g/mol. The summed E-state index contributed by atoms with van der Waals surface area (Å²) in [7, 11) is 0. The maximum atomic E-state index is 9.70. The number of aliphatic hydroxyl groups is 1. The van der Waals surface area contributed by atoms with Crippen molar-refractivity contribution in [1.29, 1.82) is 0 Å². The van der Waals surface area contributed by atoms with Crippen molar-refractivity contribution in [3.63, 3.8) is 0 Å². The Kier molecular flexibility index (Phi) is 5.24. The predicted molar refractivity (Wildman–Crippen MR) is 101 cm³/mol. The van der Waals surface area contributed by atoms with Gasteiger partial charge in [0.15, 0.2) is 5.05 Å². The Bertz CT molecular complexity index is 828. The lowest BCUT2D eigenvalue weighted by Crippen LogP contribution is -2.03. The zero-order chi connectivity index (χ0) is 16.8. The molecule has 0 heterocycles. The Hall–Kier alpha value is -2.65. The third-order valence-electron chi connectivity index (χ3n) is 3.84. The maximum absolute atomic E-state index is 9.70. The zero-order valence-corrected chi connectivity index (χ0v) is 14.0. The first-order chi connectivity index (χ1) is 11.7. The molecule has 0 radical (unpaired) electrons. The Morgan fingerprint density at radius 2 is 1.42 bits per heavy atom. The van der Waals surface area contributed by atoms with Crippen molar-refractivity contribution in [2.24, 2.45) is 0 Å². The minimum atomic E-state index is -0.0757. The molecule has 3 heteroatoms. The molecule has 3 rings (SSSR count). The third-order valence-corrected chi connectivity index (χ3v) is 4.06. The van der Waals surface area contributed by atoms with Crippen molar-refractivity contribution in [2.75, 3.05) is 0 Å². The van der Waals surface area contributed by atoms with E-state index in [-0.39, 0.29) is 5.05 Å². The number of aliphatic hydroxyl groups excluding tert-OH is 1. The Labute approximate surface area is 147 Å². The number of hydrogen-bond donors (Lipinski definition) is 1. The second-order valence-corrected chi connectivity index (χ2v) is 5.91. The summed E-state index contributed by atoms with van der Waals surface area (Å²) in [6, 6.07) is 25.7. The average Bonchev–Trinajstić information content (AvgIpc) is 2.62. The standard InChI is InChI=1S/C21H18O2S/c22-21(24)19-12-6-4-10-17(19)14-18-11-5-7-13-20(18)23-15-16-8-2-1-3-9-16/h1-13H,14-15H2,(H,22,24). The minimum absolute atomic E-state index is 0.0757. The summed E-state index contributed by atoms with van der Waals surface area (Å²) < 4.78 is 6.00. The van der Waals surface area contributed by atoms with Gasteiger partial charge < -0.3 is 9.84 Å². The van der Waals surface area contributed by atoms with Crippen molar-refractivity contribution in [2.45, 2.75) is 13.0 Å². The maximum Gasteiger partial charge on any atom is 0.188 e. The van der Waals surface area contributed by atoms with E-state index in [0.717, 1.165) is 22.4 Å². The minimum Gasteiger partial charge on any atom is -0.499 e. The van der Waals surface area contributed by atoms with Crippen LogP contribution in [0.2, 0.25) is 0 Å². The van der Waals surface area contributed by atoms with Gasteiger partial charge in [-0.1, -0.05) is 72.8 Å². The van der Waals surface area contributed by atoms with Gasteiger partial charge in [0.1, 0.15) is 12.4 Å². The van der Waals surface area contributed by atoms with Gasteiger partial charge in [-0.25, -0.2) is 0 Å². The van der Waals surface area contributed by atoms with Crippen LogP contribution < -0.4 is 4.74 Å². The van der Waals surface area contributed by atoms with Gasteiger partial charge in [-0.05, 0) is 35.0 Å². The molecule has 1 N–H and O–H groups in total. The van der Waals surface area contributed by atoms with Crippen LogP contribution in [0.1, 0.15) is 22.3 Å². The van der Waals surface area contributed by atoms with E-state index >= 15 is 0 Å². The van der Waals surface area contributed by atoms with Crippen LogP contribution in [-0.4, -0.2) is 10.2 Å². The fraction of sp³-hybridized carbons (Fsp3) is 0.0952. The molecule has 24 heavy (non-hydrogen) atoms. The highest BCUT2D eigenvalue weighted by Gasteiger charge is 2.10. The number of para-hydroxylation sites is 1. The second kappa shape index (κ2) is 7.75. The SMILES string of the molecule is OC(=S)c1ccccc1Cc1ccccc1OCc1ccccc1. The lowest BCUT2D eigenvalue weighted by molar-refractivity contribution is 0.303.